The lowest BCUT2D eigenvalue weighted by atomic mass is 10.2. The number of amides is 2. The molecule has 0 unspecified atom stereocenters. The molecule has 2 aliphatic rings. The van der Waals surface area contributed by atoms with E-state index >= 15 is 0 Å². The lowest BCUT2D eigenvalue weighted by Gasteiger charge is -2.35. The van der Waals surface area contributed by atoms with Gasteiger partial charge in [0.05, 0.1) is 6.54 Å². The Bertz CT molecular complexity index is 984. The van der Waals surface area contributed by atoms with Crippen molar-refractivity contribution in [2.24, 2.45) is 0 Å². The zero-order chi connectivity index (χ0) is 22.7. The molecule has 8 nitrogen and oxygen atoms in total. The largest absolute Gasteiger partial charge is 0.354 e. The predicted octanol–water partition coefficient (Wildman–Crippen LogP) is 2.80. The minimum Gasteiger partial charge on any atom is -0.354 e. The number of aryl methyl sites for hydroxylation is 1. The van der Waals surface area contributed by atoms with Crippen molar-refractivity contribution < 1.29 is 9.59 Å². The van der Waals surface area contributed by atoms with Gasteiger partial charge in [0.2, 0.25) is 11.8 Å². The Labute approximate surface area is 189 Å². The minimum absolute atomic E-state index is 0.0386. The molecule has 0 saturated carbocycles. The summed E-state index contributed by atoms with van der Waals surface area (Å²) in [5.74, 6) is 2.24. The van der Waals surface area contributed by atoms with Crippen molar-refractivity contribution in [3.8, 4) is 0 Å². The van der Waals surface area contributed by atoms with Crippen molar-refractivity contribution in [3.05, 3.63) is 41.9 Å². The Morgan fingerprint density at radius 1 is 1.09 bits per heavy atom. The highest BCUT2D eigenvalue weighted by Gasteiger charge is 2.23. The van der Waals surface area contributed by atoms with E-state index in [2.05, 4.69) is 33.9 Å². The van der Waals surface area contributed by atoms with Gasteiger partial charge < -0.3 is 15.1 Å². The molecule has 170 valence electrons. The summed E-state index contributed by atoms with van der Waals surface area (Å²) in [4.78, 5) is 40.1. The van der Waals surface area contributed by atoms with Gasteiger partial charge in [-0.15, -0.1) is 0 Å². The number of benzene rings is 1. The van der Waals surface area contributed by atoms with Gasteiger partial charge >= 0.3 is 0 Å². The number of hydrogen-bond donors (Lipinski definition) is 1. The molecule has 2 aromatic rings. The van der Waals surface area contributed by atoms with E-state index in [9.17, 15) is 9.59 Å². The number of anilines is 3. The van der Waals surface area contributed by atoms with Crippen molar-refractivity contribution in [1.82, 2.24) is 14.9 Å². The van der Waals surface area contributed by atoms with Crippen LogP contribution in [-0.2, 0) is 9.59 Å². The summed E-state index contributed by atoms with van der Waals surface area (Å²) in [6.45, 7) is 10.6. The van der Waals surface area contributed by atoms with Crippen LogP contribution in [-0.4, -0.2) is 66.0 Å². The van der Waals surface area contributed by atoms with Crippen molar-refractivity contribution in [2.45, 2.75) is 39.5 Å². The second-order valence-corrected chi connectivity index (χ2v) is 8.89. The summed E-state index contributed by atoms with van der Waals surface area (Å²) in [6, 6.07) is 9.57. The molecule has 3 heterocycles. The number of nitrogens with one attached hydrogen (secondary N) is 1. The summed E-state index contributed by atoms with van der Waals surface area (Å²) in [6.07, 6.45) is 1.48. The molecule has 8 heteroatoms. The lowest BCUT2D eigenvalue weighted by Crippen LogP contribution is -2.49. The predicted molar refractivity (Wildman–Crippen MR) is 126 cm³/mol. The molecular weight excluding hydrogens is 404 g/mol. The zero-order valence-corrected chi connectivity index (χ0v) is 19.2. The second-order valence-electron chi connectivity index (χ2n) is 8.89. The second kappa shape index (κ2) is 9.65. The molecule has 0 radical (unpaired) electrons. The molecule has 1 aromatic carbocycles. The van der Waals surface area contributed by atoms with E-state index < -0.39 is 0 Å². The fourth-order valence-electron chi connectivity index (χ4n) is 4.21. The molecule has 0 aliphatic carbocycles. The van der Waals surface area contributed by atoms with Crippen LogP contribution in [0, 0.1) is 6.92 Å². The highest BCUT2D eigenvalue weighted by atomic mass is 16.2. The summed E-state index contributed by atoms with van der Waals surface area (Å²) < 4.78 is 0. The van der Waals surface area contributed by atoms with Crippen molar-refractivity contribution in [1.29, 1.82) is 0 Å². The lowest BCUT2D eigenvalue weighted by molar-refractivity contribution is -0.118. The van der Waals surface area contributed by atoms with E-state index in [0.717, 1.165) is 67.9 Å². The van der Waals surface area contributed by atoms with Gasteiger partial charge in [-0.05, 0) is 31.5 Å². The molecular formula is C24H32N6O2. The van der Waals surface area contributed by atoms with Crippen LogP contribution in [0.3, 0.4) is 0 Å². The van der Waals surface area contributed by atoms with Gasteiger partial charge in [0.15, 0.2) is 0 Å². The van der Waals surface area contributed by atoms with Crippen LogP contribution in [0.4, 0.5) is 17.2 Å². The number of nitrogens with zero attached hydrogens (tertiary/aromatic N) is 5. The van der Waals surface area contributed by atoms with Gasteiger partial charge in [-0.25, -0.2) is 9.97 Å². The molecule has 0 spiro atoms. The first-order chi connectivity index (χ1) is 15.4. The topological polar surface area (TPSA) is 81.7 Å². The summed E-state index contributed by atoms with van der Waals surface area (Å²) in [5.41, 5.74) is 2.56. The van der Waals surface area contributed by atoms with Crippen LogP contribution in [0.25, 0.3) is 0 Å². The van der Waals surface area contributed by atoms with E-state index in [1.807, 2.05) is 37.3 Å². The summed E-state index contributed by atoms with van der Waals surface area (Å²) in [7, 11) is 0. The Morgan fingerprint density at radius 3 is 2.56 bits per heavy atom. The van der Waals surface area contributed by atoms with Gasteiger partial charge in [0.25, 0.3) is 0 Å². The zero-order valence-electron chi connectivity index (χ0n) is 19.2. The number of carbonyl (C=O) groups excluding carboxylic acids is 2. The fraction of sp³-hybridized carbons (Fsp3) is 0.500. The van der Waals surface area contributed by atoms with Gasteiger partial charge in [-0.1, -0.05) is 19.9 Å². The normalized spacial score (nSPS) is 17.3. The van der Waals surface area contributed by atoms with E-state index in [4.69, 9.17) is 4.98 Å². The third-order valence-corrected chi connectivity index (χ3v) is 5.95. The Balaban J connectivity index is 1.30. The molecule has 1 aromatic heterocycles. The highest BCUT2D eigenvalue weighted by Crippen LogP contribution is 2.24. The van der Waals surface area contributed by atoms with Crippen LogP contribution >= 0.6 is 0 Å². The van der Waals surface area contributed by atoms with E-state index in [1.165, 1.54) is 0 Å². The van der Waals surface area contributed by atoms with Crippen molar-refractivity contribution in [3.63, 3.8) is 0 Å². The summed E-state index contributed by atoms with van der Waals surface area (Å²) in [5, 5.41) is 2.99. The van der Waals surface area contributed by atoms with Crippen LogP contribution in [0.15, 0.2) is 30.3 Å². The van der Waals surface area contributed by atoms with E-state index in [1.54, 1.807) is 4.90 Å². The van der Waals surface area contributed by atoms with Crippen molar-refractivity contribution in [2.75, 3.05) is 54.4 Å². The van der Waals surface area contributed by atoms with E-state index in [0.29, 0.717) is 18.9 Å². The maximum atomic E-state index is 12.6. The van der Waals surface area contributed by atoms with E-state index in [-0.39, 0.29) is 11.8 Å². The van der Waals surface area contributed by atoms with Crippen LogP contribution in [0.1, 0.15) is 44.1 Å². The smallest absolute Gasteiger partial charge is 0.238 e. The van der Waals surface area contributed by atoms with Crippen LogP contribution in [0.2, 0.25) is 0 Å². The first-order valence-corrected chi connectivity index (χ1v) is 11.4. The fourth-order valence-corrected chi connectivity index (χ4v) is 4.21. The molecule has 0 atom stereocenters. The quantitative estimate of drug-likeness (QED) is 0.750. The number of piperazine rings is 1. The monoisotopic (exact) mass is 436 g/mol. The van der Waals surface area contributed by atoms with Crippen molar-refractivity contribution >= 4 is 29.0 Å². The first-order valence-electron chi connectivity index (χ1n) is 11.4. The summed E-state index contributed by atoms with van der Waals surface area (Å²) >= 11 is 0. The van der Waals surface area contributed by atoms with Gasteiger partial charge in [0.1, 0.15) is 11.6 Å². The molecule has 2 saturated heterocycles. The maximum absolute atomic E-state index is 12.6. The Morgan fingerprint density at radius 2 is 1.88 bits per heavy atom. The molecule has 2 fully saturated rings. The van der Waals surface area contributed by atoms with Gasteiger partial charge in [-0.3, -0.25) is 14.5 Å². The molecule has 1 N–H and O–H groups in total. The highest BCUT2D eigenvalue weighted by molar-refractivity contribution is 5.97. The van der Waals surface area contributed by atoms with Crippen LogP contribution < -0.4 is 15.1 Å². The number of hydrogen-bond acceptors (Lipinski definition) is 6. The molecule has 4 rings (SSSR count). The number of aromatic nitrogens is 2. The maximum Gasteiger partial charge on any atom is 0.238 e. The molecule has 32 heavy (non-hydrogen) atoms. The Kier molecular flexibility index (Phi) is 6.69. The first kappa shape index (κ1) is 22.2. The van der Waals surface area contributed by atoms with Gasteiger partial charge in [0, 0.05) is 68.2 Å². The number of rotatable bonds is 6. The Hall–Kier alpha value is -3.00. The standard InChI is InChI=1S/C24H32N6O2/c1-17(2)24-25-18(3)14-21(27-24)29-12-10-28(11-13-29)16-22(31)26-19-6-4-7-20(15-19)30-9-5-8-23(30)32/h4,6-7,14-15,17H,5,8-13,16H2,1-3H3,(H,26,31). The average molecular weight is 437 g/mol. The molecule has 2 aliphatic heterocycles. The minimum atomic E-state index is -0.0386. The average Bonchev–Trinajstić information content (AvgIpc) is 3.20. The van der Waals surface area contributed by atoms with Gasteiger partial charge in [-0.2, -0.15) is 0 Å². The SMILES string of the molecule is Cc1cc(N2CCN(CC(=O)Nc3cccc(N4CCCC4=O)c3)CC2)nc(C(C)C)n1. The third-order valence-electron chi connectivity index (χ3n) is 5.95. The third kappa shape index (κ3) is 5.24. The number of carbonyl (C=O) groups is 2. The molecule has 0 bridgehead atoms. The van der Waals surface area contributed by atoms with Crippen LogP contribution in [0.5, 0.6) is 0 Å². The molecule has 2 amide bonds.